The van der Waals surface area contributed by atoms with Crippen LogP contribution in [0, 0.1) is 10.1 Å². The van der Waals surface area contributed by atoms with Crippen LogP contribution in [0.3, 0.4) is 0 Å². The molecule has 1 aliphatic heterocycles. The predicted octanol–water partition coefficient (Wildman–Crippen LogP) is 2.78. The van der Waals surface area contributed by atoms with Gasteiger partial charge in [0.15, 0.2) is 4.90 Å². The number of hydrogen-bond donors (Lipinski definition) is 2. The average Bonchev–Trinajstić information content (AvgIpc) is 2.89. The Morgan fingerprint density at radius 2 is 1.36 bits per heavy atom. The van der Waals surface area contributed by atoms with Gasteiger partial charge in [0.1, 0.15) is 0 Å². The Bertz CT molecular complexity index is 1160. The minimum atomic E-state index is -3.87. The summed E-state index contributed by atoms with van der Waals surface area (Å²) >= 11 is 0. The topological polar surface area (TPSA) is 158 Å². The van der Waals surface area contributed by atoms with Crippen molar-refractivity contribution in [3.63, 3.8) is 0 Å². The Labute approximate surface area is 209 Å². The molecule has 2 aromatic rings. The monoisotopic (exact) mass is 519 g/mol. The van der Waals surface area contributed by atoms with E-state index in [4.69, 9.17) is 19.8 Å². The van der Waals surface area contributed by atoms with E-state index in [0.29, 0.717) is 38.1 Å². The van der Waals surface area contributed by atoms with Crippen molar-refractivity contribution in [3.05, 3.63) is 70.3 Å². The number of hydrogen-bond acceptors (Lipinski definition) is 7. The van der Waals surface area contributed by atoms with Crippen LogP contribution in [0.4, 0.5) is 5.69 Å². The van der Waals surface area contributed by atoms with E-state index < -0.39 is 26.9 Å². The van der Waals surface area contributed by atoms with Crippen LogP contribution >= 0.6 is 0 Å². The summed E-state index contributed by atoms with van der Waals surface area (Å²) in [5.74, 6) is -3.03. The lowest BCUT2D eigenvalue weighted by Gasteiger charge is -2.41. The number of carboxylic acid groups (broad SMARTS) is 2. The smallest absolute Gasteiger partial charge is 0.414 e. The minimum absolute atomic E-state index is 0.216. The number of benzene rings is 2. The number of carboxylic acids is 2. The van der Waals surface area contributed by atoms with Crippen molar-refractivity contribution in [2.75, 3.05) is 26.2 Å². The van der Waals surface area contributed by atoms with Crippen LogP contribution in [0.2, 0.25) is 0 Å². The molecule has 0 bridgehead atoms. The third-order valence-corrected chi connectivity index (χ3v) is 8.57. The highest BCUT2D eigenvalue weighted by Crippen LogP contribution is 2.35. The van der Waals surface area contributed by atoms with Crippen molar-refractivity contribution in [3.8, 4) is 0 Å². The summed E-state index contributed by atoms with van der Waals surface area (Å²) in [5.41, 5.74) is 1.05. The molecule has 1 aliphatic carbocycles. The van der Waals surface area contributed by atoms with Crippen molar-refractivity contribution >= 4 is 27.6 Å². The average molecular weight is 520 g/mol. The van der Waals surface area contributed by atoms with E-state index in [2.05, 4.69) is 29.2 Å². The number of para-hydroxylation sites is 1. The van der Waals surface area contributed by atoms with E-state index in [1.165, 1.54) is 34.1 Å². The summed E-state index contributed by atoms with van der Waals surface area (Å²) < 4.78 is 27.4. The standard InChI is InChI=1S/C22H27N3O4S.C2H2O4/c26-25(27)21-8-4-5-9-22(21)30(28,29)24-16-14-23(15-17-24)20-12-10-19(11-13-20)18-6-2-1-3-7-18;3-1(4)2(5)6/h1-9,19-20H,10-17H2;(H,3,4)(H,5,6). The molecular weight excluding hydrogens is 490 g/mol. The molecule has 2 aliphatic rings. The molecule has 0 unspecified atom stereocenters. The summed E-state index contributed by atoms with van der Waals surface area (Å²) in [6.07, 6.45) is 4.56. The molecule has 2 aromatic carbocycles. The molecule has 1 saturated heterocycles. The molecule has 12 heteroatoms. The van der Waals surface area contributed by atoms with Gasteiger partial charge >= 0.3 is 11.9 Å². The van der Waals surface area contributed by atoms with Gasteiger partial charge in [-0.15, -0.1) is 0 Å². The first-order valence-corrected chi connectivity index (χ1v) is 13.0. The van der Waals surface area contributed by atoms with Gasteiger partial charge in [-0.2, -0.15) is 4.31 Å². The van der Waals surface area contributed by atoms with E-state index in [-0.39, 0.29) is 10.6 Å². The zero-order valence-electron chi connectivity index (χ0n) is 19.6. The first-order chi connectivity index (χ1) is 17.1. The normalized spacial score (nSPS) is 21.1. The van der Waals surface area contributed by atoms with Gasteiger partial charge < -0.3 is 10.2 Å². The summed E-state index contributed by atoms with van der Waals surface area (Å²) in [5, 5.41) is 26.0. The largest absolute Gasteiger partial charge is 0.473 e. The van der Waals surface area contributed by atoms with Crippen molar-refractivity contribution in [2.24, 2.45) is 0 Å². The van der Waals surface area contributed by atoms with Crippen LogP contribution in [-0.2, 0) is 19.6 Å². The lowest BCUT2D eigenvalue weighted by molar-refractivity contribution is -0.387. The lowest BCUT2D eigenvalue weighted by Crippen LogP contribution is -2.52. The number of nitro benzene ring substituents is 1. The second kappa shape index (κ2) is 12.1. The SMILES string of the molecule is O=C(O)C(=O)O.O=[N+]([O-])c1ccccc1S(=O)(=O)N1CCN(C2CCC(c3ccccc3)CC2)CC1. The fourth-order valence-corrected chi connectivity index (χ4v) is 6.35. The van der Waals surface area contributed by atoms with E-state index in [1.807, 2.05) is 6.07 Å². The van der Waals surface area contributed by atoms with E-state index in [0.717, 1.165) is 25.7 Å². The van der Waals surface area contributed by atoms with Gasteiger partial charge in [-0.1, -0.05) is 42.5 Å². The van der Waals surface area contributed by atoms with Gasteiger partial charge in [-0.25, -0.2) is 18.0 Å². The second-order valence-electron chi connectivity index (χ2n) is 8.69. The summed E-state index contributed by atoms with van der Waals surface area (Å²) in [4.78, 5) is 31.0. The molecule has 0 spiro atoms. The Morgan fingerprint density at radius 3 is 1.89 bits per heavy atom. The molecule has 2 N–H and O–H groups in total. The quantitative estimate of drug-likeness (QED) is 0.344. The summed E-state index contributed by atoms with van der Waals surface area (Å²) in [6, 6.07) is 16.7. The molecular formula is C24H29N3O8S. The van der Waals surface area contributed by atoms with Crippen LogP contribution in [0.15, 0.2) is 59.5 Å². The van der Waals surface area contributed by atoms with Crippen LogP contribution in [0.5, 0.6) is 0 Å². The maximum atomic E-state index is 13.0. The fourth-order valence-electron chi connectivity index (χ4n) is 4.77. The molecule has 1 saturated carbocycles. The molecule has 36 heavy (non-hydrogen) atoms. The Hall–Kier alpha value is -3.35. The van der Waals surface area contributed by atoms with Crippen molar-refractivity contribution in [2.45, 2.75) is 42.5 Å². The van der Waals surface area contributed by atoms with Gasteiger partial charge in [0, 0.05) is 38.3 Å². The van der Waals surface area contributed by atoms with Crippen LogP contribution in [-0.4, -0.2) is 76.9 Å². The van der Waals surface area contributed by atoms with Crippen LogP contribution < -0.4 is 0 Å². The van der Waals surface area contributed by atoms with Crippen molar-refractivity contribution in [1.82, 2.24) is 9.21 Å². The first kappa shape index (κ1) is 27.2. The number of piperazine rings is 1. The maximum absolute atomic E-state index is 13.0. The van der Waals surface area contributed by atoms with Gasteiger partial charge in [0.25, 0.3) is 5.69 Å². The highest BCUT2D eigenvalue weighted by molar-refractivity contribution is 7.89. The minimum Gasteiger partial charge on any atom is -0.473 e. The number of rotatable bonds is 5. The molecule has 0 aromatic heterocycles. The zero-order valence-corrected chi connectivity index (χ0v) is 20.4. The van der Waals surface area contributed by atoms with Gasteiger partial charge in [-0.3, -0.25) is 15.0 Å². The zero-order chi connectivity index (χ0) is 26.3. The van der Waals surface area contributed by atoms with Crippen molar-refractivity contribution in [1.29, 1.82) is 0 Å². The molecule has 11 nitrogen and oxygen atoms in total. The highest BCUT2D eigenvalue weighted by Gasteiger charge is 2.35. The van der Waals surface area contributed by atoms with E-state index in [9.17, 15) is 18.5 Å². The third kappa shape index (κ3) is 6.65. The van der Waals surface area contributed by atoms with Crippen LogP contribution in [0.25, 0.3) is 0 Å². The summed E-state index contributed by atoms with van der Waals surface area (Å²) in [7, 11) is -3.87. The molecule has 194 valence electrons. The molecule has 0 amide bonds. The number of sulfonamides is 1. The fraction of sp³-hybridized carbons (Fsp3) is 0.417. The molecule has 0 radical (unpaired) electrons. The van der Waals surface area contributed by atoms with E-state index >= 15 is 0 Å². The number of carbonyl (C=O) groups is 2. The Balaban J connectivity index is 0.000000538. The number of aliphatic carboxylic acids is 2. The Kier molecular flexibility index (Phi) is 9.13. The van der Waals surface area contributed by atoms with Gasteiger partial charge in [0.05, 0.1) is 4.92 Å². The molecule has 0 atom stereocenters. The number of nitro groups is 1. The predicted molar refractivity (Wildman–Crippen MR) is 130 cm³/mol. The Morgan fingerprint density at radius 1 is 0.833 bits per heavy atom. The van der Waals surface area contributed by atoms with E-state index in [1.54, 1.807) is 0 Å². The van der Waals surface area contributed by atoms with Gasteiger partial charge in [0.2, 0.25) is 10.0 Å². The molecule has 4 rings (SSSR count). The first-order valence-electron chi connectivity index (χ1n) is 11.6. The number of nitrogens with zero attached hydrogens (tertiary/aromatic N) is 3. The van der Waals surface area contributed by atoms with Crippen molar-refractivity contribution < 1.29 is 33.1 Å². The van der Waals surface area contributed by atoms with Gasteiger partial charge in [-0.05, 0) is 43.2 Å². The lowest BCUT2D eigenvalue weighted by atomic mass is 9.81. The maximum Gasteiger partial charge on any atom is 0.414 e. The molecule has 1 heterocycles. The highest BCUT2D eigenvalue weighted by atomic mass is 32.2. The third-order valence-electron chi connectivity index (χ3n) is 6.62. The second-order valence-corrected chi connectivity index (χ2v) is 10.6. The molecule has 2 fully saturated rings. The van der Waals surface area contributed by atoms with Crippen LogP contribution in [0.1, 0.15) is 37.2 Å². The summed E-state index contributed by atoms with van der Waals surface area (Å²) in [6.45, 7) is 2.07.